The lowest BCUT2D eigenvalue weighted by atomic mass is 10.2. The second kappa shape index (κ2) is 4.87. The number of nitrogen functional groups attached to an aromatic ring is 1. The first-order valence-electron chi connectivity index (χ1n) is 7.69. The van der Waals surface area contributed by atoms with Gasteiger partial charge in [0.2, 0.25) is 5.13 Å². The Morgan fingerprint density at radius 2 is 2.04 bits per heavy atom. The lowest BCUT2D eigenvalue weighted by Crippen LogP contribution is -2.15. The molecule has 0 unspecified atom stereocenters. The van der Waals surface area contributed by atoms with Crippen molar-refractivity contribution < 1.29 is 0 Å². The highest BCUT2D eigenvalue weighted by atomic mass is 32.1. The topological polar surface area (TPSA) is 97.9 Å². The van der Waals surface area contributed by atoms with Crippen LogP contribution in [0.3, 0.4) is 0 Å². The summed E-state index contributed by atoms with van der Waals surface area (Å²) in [5.41, 5.74) is 9.76. The molecule has 1 aromatic carbocycles. The van der Waals surface area contributed by atoms with Gasteiger partial charge in [0.1, 0.15) is 22.3 Å². The Bertz CT molecular complexity index is 1340. The van der Waals surface area contributed by atoms with Gasteiger partial charge in [0.05, 0.1) is 10.2 Å². The fourth-order valence-corrected chi connectivity index (χ4v) is 3.95. The molecular weight excluding hydrogens is 334 g/mol. The molecule has 4 heterocycles. The Morgan fingerprint density at radius 3 is 2.92 bits per heavy atom. The molecule has 4 aromatic heterocycles. The molecule has 0 amide bonds. The summed E-state index contributed by atoms with van der Waals surface area (Å²) < 4.78 is 4.34. The zero-order chi connectivity index (χ0) is 17.1. The van der Waals surface area contributed by atoms with E-state index in [4.69, 9.17) is 11.1 Å². The molecule has 0 saturated carbocycles. The van der Waals surface area contributed by atoms with Gasteiger partial charge in [-0.05, 0) is 36.8 Å². The highest BCUT2D eigenvalue weighted by Crippen LogP contribution is 2.28. The standard InChI is InChI=1S/C17H13N7S/c1-9-5-6-10-11(8-9)25-17(20-10)24-15(19)13-14(18)23-7-3-2-4-12(23)21-16(13)22-24/h2-8,18H,19H2,1H3. The van der Waals surface area contributed by atoms with Gasteiger partial charge in [-0.2, -0.15) is 4.68 Å². The summed E-state index contributed by atoms with van der Waals surface area (Å²) in [5, 5.41) is 14.2. The number of fused-ring (bicyclic) bond motifs is 3. The third kappa shape index (κ3) is 1.97. The van der Waals surface area contributed by atoms with Gasteiger partial charge in [-0.3, -0.25) is 9.81 Å². The zero-order valence-electron chi connectivity index (χ0n) is 13.3. The van der Waals surface area contributed by atoms with Crippen molar-refractivity contribution in [2.75, 3.05) is 5.73 Å². The number of thiazole rings is 1. The highest BCUT2D eigenvalue weighted by molar-refractivity contribution is 7.20. The van der Waals surface area contributed by atoms with Gasteiger partial charge in [0.25, 0.3) is 0 Å². The molecule has 3 N–H and O–H groups in total. The molecule has 5 rings (SSSR count). The minimum Gasteiger partial charge on any atom is -0.383 e. The number of benzene rings is 1. The quantitative estimate of drug-likeness (QED) is 0.487. The number of aromatic nitrogens is 5. The van der Waals surface area contributed by atoms with Crippen molar-refractivity contribution in [2.24, 2.45) is 0 Å². The maximum Gasteiger partial charge on any atom is 0.213 e. The van der Waals surface area contributed by atoms with Gasteiger partial charge >= 0.3 is 0 Å². The molecule has 0 bridgehead atoms. The highest BCUT2D eigenvalue weighted by Gasteiger charge is 2.17. The molecule has 0 spiro atoms. The molecule has 0 atom stereocenters. The zero-order valence-corrected chi connectivity index (χ0v) is 14.1. The first kappa shape index (κ1) is 14.1. The smallest absolute Gasteiger partial charge is 0.213 e. The van der Waals surface area contributed by atoms with E-state index < -0.39 is 0 Å². The first-order chi connectivity index (χ1) is 12.1. The third-order valence-electron chi connectivity index (χ3n) is 4.15. The van der Waals surface area contributed by atoms with Crippen LogP contribution < -0.4 is 11.2 Å². The van der Waals surface area contributed by atoms with Crippen LogP contribution in [0.1, 0.15) is 5.56 Å². The number of hydrogen-bond acceptors (Lipinski definition) is 6. The van der Waals surface area contributed by atoms with Crippen LogP contribution in [0, 0.1) is 12.3 Å². The molecule has 122 valence electrons. The Kier molecular flexibility index (Phi) is 2.75. The number of aryl methyl sites for hydroxylation is 1. The summed E-state index contributed by atoms with van der Waals surface area (Å²) in [7, 11) is 0. The minimum atomic E-state index is 0.265. The SMILES string of the molecule is Cc1ccc2nc(-n3nc4nc5ccccn5c(=N)c4c3N)sc2c1. The molecule has 0 aliphatic heterocycles. The number of hydrogen-bond donors (Lipinski definition) is 2. The Balaban J connectivity index is 1.83. The summed E-state index contributed by atoms with van der Waals surface area (Å²) in [5.74, 6) is 0.376. The van der Waals surface area contributed by atoms with Gasteiger partial charge in [-0.25, -0.2) is 9.97 Å². The maximum absolute atomic E-state index is 8.46. The van der Waals surface area contributed by atoms with Crippen molar-refractivity contribution >= 4 is 44.1 Å². The molecule has 25 heavy (non-hydrogen) atoms. The molecular formula is C17H13N7S. The second-order valence-corrected chi connectivity index (χ2v) is 6.86. The Labute approximate surface area is 145 Å². The molecule has 0 aliphatic carbocycles. The van der Waals surface area contributed by atoms with E-state index in [1.165, 1.54) is 16.9 Å². The predicted molar refractivity (Wildman–Crippen MR) is 98.0 cm³/mol. The van der Waals surface area contributed by atoms with E-state index in [2.05, 4.69) is 28.1 Å². The number of pyridine rings is 1. The van der Waals surface area contributed by atoms with Gasteiger partial charge in [0, 0.05) is 6.20 Å². The number of nitrogens with one attached hydrogen (secondary N) is 1. The van der Waals surface area contributed by atoms with Crippen molar-refractivity contribution in [2.45, 2.75) is 6.92 Å². The maximum atomic E-state index is 8.46. The van der Waals surface area contributed by atoms with Crippen LogP contribution >= 0.6 is 11.3 Å². The van der Waals surface area contributed by atoms with E-state index in [1.807, 2.05) is 30.3 Å². The van der Waals surface area contributed by atoms with Crippen molar-refractivity contribution in [3.63, 3.8) is 0 Å². The van der Waals surface area contributed by atoms with Crippen LogP contribution in [0.2, 0.25) is 0 Å². The number of nitrogens with zero attached hydrogens (tertiary/aromatic N) is 5. The molecule has 0 fully saturated rings. The predicted octanol–water partition coefficient (Wildman–Crippen LogP) is 2.65. The lowest BCUT2D eigenvalue weighted by Gasteiger charge is -2.00. The van der Waals surface area contributed by atoms with E-state index in [0.29, 0.717) is 27.6 Å². The summed E-state index contributed by atoms with van der Waals surface area (Å²) in [4.78, 5) is 9.14. The summed E-state index contributed by atoms with van der Waals surface area (Å²) in [6, 6.07) is 11.7. The second-order valence-electron chi connectivity index (χ2n) is 5.85. The number of rotatable bonds is 1. The van der Waals surface area contributed by atoms with Crippen molar-refractivity contribution in [1.82, 2.24) is 24.1 Å². The van der Waals surface area contributed by atoms with Crippen LogP contribution in [0.25, 0.3) is 32.0 Å². The monoisotopic (exact) mass is 347 g/mol. The molecule has 8 heteroatoms. The summed E-state index contributed by atoms with van der Waals surface area (Å²) >= 11 is 1.52. The van der Waals surface area contributed by atoms with Gasteiger partial charge in [-0.1, -0.05) is 23.5 Å². The average molecular weight is 347 g/mol. The Hall–Kier alpha value is -3.26. The van der Waals surface area contributed by atoms with E-state index >= 15 is 0 Å². The fraction of sp³-hybridized carbons (Fsp3) is 0.0588. The third-order valence-corrected chi connectivity index (χ3v) is 5.15. The fourth-order valence-electron chi connectivity index (χ4n) is 2.92. The first-order valence-corrected chi connectivity index (χ1v) is 8.51. The number of nitrogens with two attached hydrogens (primary N) is 1. The van der Waals surface area contributed by atoms with E-state index in [9.17, 15) is 0 Å². The van der Waals surface area contributed by atoms with Crippen molar-refractivity contribution in [1.29, 1.82) is 5.41 Å². The molecule has 0 aliphatic rings. The van der Waals surface area contributed by atoms with Crippen molar-refractivity contribution in [3.05, 3.63) is 53.6 Å². The van der Waals surface area contributed by atoms with Crippen LogP contribution in [0.5, 0.6) is 0 Å². The average Bonchev–Trinajstić information content (AvgIpc) is 3.16. The molecule has 7 nitrogen and oxygen atoms in total. The van der Waals surface area contributed by atoms with Crippen molar-refractivity contribution in [3.8, 4) is 5.13 Å². The summed E-state index contributed by atoms with van der Waals surface area (Å²) in [6.07, 6.45) is 1.79. The normalized spacial score (nSPS) is 11.7. The minimum absolute atomic E-state index is 0.265. The van der Waals surface area contributed by atoms with Gasteiger partial charge in [-0.15, -0.1) is 5.10 Å². The van der Waals surface area contributed by atoms with Crippen LogP contribution in [0.15, 0.2) is 42.6 Å². The van der Waals surface area contributed by atoms with Crippen LogP contribution in [0.4, 0.5) is 5.82 Å². The largest absolute Gasteiger partial charge is 0.383 e. The van der Waals surface area contributed by atoms with Crippen LogP contribution in [-0.4, -0.2) is 24.1 Å². The van der Waals surface area contributed by atoms with Gasteiger partial charge in [0.15, 0.2) is 5.65 Å². The molecule has 0 saturated heterocycles. The van der Waals surface area contributed by atoms with Gasteiger partial charge < -0.3 is 5.73 Å². The van der Waals surface area contributed by atoms with E-state index in [1.54, 1.807) is 15.3 Å². The number of anilines is 1. The lowest BCUT2D eigenvalue weighted by molar-refractivity contribution is 0.892. The van der Waals surface area contributed by atoms with E-state index in [-0.39, 0.29) is 5.49 Å². The Morgan fingerprint density at radius 1 is 1.16 bits per heavy atom. The molecule has 5 aromatic rings. The molecule has 0 radical (unpaired) electrons. The van der Waals surface area contributed by atoms with Crippen LogP contribution in [-0.2, 0) is 0 Å². The summed E-state index contributed by atoms with van der Waals surface area (Å²) in [6.45, 7) is 2.05. The van der Waals surface area contributed by atoms with E-state index in [0.717, 1.165) is 10.2 Å².